The van der Waals surface area contributed by atoms with Crippen molar-refractivity contribution in [2.24, 2.45) is 0 Å². The average Bonchev–Trinajstić information content (AvgIpc) is 2.89. The number of fused-ring (bicyclic) bond motifs is 2. The van der Waals surface area contributed by atoms with E-state index in [2.05, 4.69) is 15.3 Å². The topological polar surface area (TPSA) is 98.6 Å². The number of carbonyl (C=O) groups is 1. The van der Waals surface area contributed by atoms with E-state index < -0.39 is 0 Å². The molecule has 2 heterocycles. The molecule has 7 heteroatoms. The highest BCUT2D eigenvalue weighted by Gasteiger charge is 2.21. The Balaban J connectivity index is 1.74. The van der Waals surface area contributed by atoms with Crippen molar-refractivity contribution in [1.82, 2.24) is 4.98 Å². The summed E-state index contributed by atoms with van der Waals surface area (Å²) in [5.41, 5.74) is 4.57. The third-order valence-electron chi connectivity index (χ3n) is 6.13. The second-order valence-electron chi connectivity index (χ2n) is 8.57. The number of benzene rings is 3. The number of anilines is 1. The third-order valence-corrected chi connectivity index (χ3v) is 6.13. The van der Waals surface area contributed by atoms with Gasteiger partial charge in [-0.25, -0.2) is 0 Å². The predicted octanol–water partition coefficient (Wildman–Crippen LogP) is 3.66. The minimum Gasteiger partial charge on any atom is -0.490 e. The van der Waals surface area contributed by atoms with E-state index in [0.717, 1.165) is 16.3 Å². The summed E-state index contributed by atoms with van der Waals surface area (Å²) >= 11 is 0. The fourth-order valence-corrected chi connectivity index (χ4v) is 4.25. The quantitative estimate of drug-likeness (QED) is 0.357. The number of amides is 1. The van der Waals surface area contributed by atoms with E-state index in [9.17, 15) is 9.90 Å². The van der Waals surface area contributed by atoms with Crippen LogP contribution in [-0.2, 0) is 6.61 Å². The van der Waals surface area contributed by atoms with Crippen molar-refractivity contribution in [3.05, 3.63) is 101 Å². The van der Waals surface area contributed by atoms with Crippen LogP contribution in [0.2, 0.25) is 0 Å². The van der Waals surface area contributed by atoms with Crippen LogP contribution in [0.3, 0.4) is 0 Å². The van der Waals surface area contributed by atoms with Gasteiger partial charge < -0.3 is 19.6 Å². The molecule has 0 aliphatic rings. The Morgan fingerprint density at radius 2 is 1.86 bits per heavy atom. The number of nitrogens with zero attached hydrogens (tertiary/aromatic N) is 1. The molecule has 0 unspecified atom stereocenters. The Kier molecular flexibility index (Phi) is 6.23. The first kappa shape index (κ1) is 23.3. The molecule has 0 saturated heterocycles. The molecule has 0 radical (unpaired) electrons. The van der Waals surface area contributed by atoms with E-state index >= 15 is 0 Å². The molecule has 0 saturated carbocycles. The number of hydrogen-bond acceptors (Lipinski definition) is 5. The molecule has 0 aliphatic carbocycles. The van der Waals surface area contributed by atoms with E-state index in [1.165, 1.54) is 0 Å². The van der Waals surface area contributed by atoms with Gasteiger partial charge in [0.05, 0.1) is 19.4 Å². The first-order valence-corrected chi connectivity index (χ1v) is 11.6. The maximum absolute atomic E-state index is 13.7. The van der Waals surface area contributed by atoms with Gasteiger partial charge in [0, 0.05) is 34.3 Å². The van der Waals surface area contributed by atoms with E-state index in [4.69, 9.17) is 9.15 Å². The van der Waals surface area contributed by atoms with Crippen LogP contribution in [0.4, 0.5) is 11.4 Å². The Labute approximate surface area is 207 Å². The molecule has 1 amide bonds. The highest BCUT2D eigenvalue weighted by atomic mass is 16.5. The SMILES string of the molecule is COc1ccc(C)cc1[NH+]=c1oc2c(C)ncc(CO)c2cc1C(=O)Nc1cccc2ccccc12. The molecule has 7 nitrogen and oxygen atoms in total. The predicted molar refractivity (Wildman–Crippen MR) is 138 cm³/mol. The number of ether oxygens (including phenoxy) is 1. The summed E-state index contributed by atoms with van der Waals surface area (Å²) in [6, 6.07) is 21.1. The lowest BCUT2D eigenvalue weighted by molar-refractivity contribution is -0.418. The van der Waals surface area contributed by atoms with Crippen LogP contribution >= 0.6 is 0 Å². The van der Waals surface area contributed by atoms with Gasteiger partial charge in [-0.05, 0) is 43.0 Å². The van der Waals surface area contributed by atoms with Crippen LogP contribution in [0.25, 0.3) is 21.7 Å². The molecule has 2 aromatic heterocycles. The number of aliphatic hydroxyl groups excluding tert-OH is 1. The summed E-state index contributed by atoms with van der Waals surface area (Å²) in [7, 11) is 1.59. The van der Waals surface area contributed by atoms with Crippen LogP contribution in [0.5, 0.6) is 5.75 Å². The van der Waals surface area contributed by atoms with Crippen LogP contribution < -0.4 is 20.6 Å². The van der Waals surface area contributed by atoms with E-state index in [1.54, 1.807) is 19.4 Å². The van der Waals surface area contributed by atoms with Gasteiger partial charge in [-0.3, -0.25) is 9.78 Å². The maximum atomic E-state index is 13.7. The molecule has 36 heavy (non-hydrogen) atoms. The summed E-state index contributed by atoms with van der Waals surface area (Å²) in [5.74, 6) is 0.250. The summed E-state index contributed by atoms with van der Waals surface area (Å²) in [6.07, 6.45) is 1.59. The Morgan fingerprint density at radius 3 is 2.67 bits per heavy atom. The van der Waals surface area contributed by atoms with Crippen molar-refractivity contribution < 1.29 is 24.0 Å². The van der Waals surface area contributed by atoms with Crippen molar-refractivity contribution in [2.45, 2.75) is 20.5 Å². The van der Waals surface area contributed by atoms with Crippen molar-refractivity contribution in [3.8, 4) is 5.75 Å². The van der Waals surface area contributed by atoms with E-state index in [0.29, 0.717) is 39.4 Å². The number of hydrogen-bond donors (Lipinski definition) is 3. The lowest BCUT2D eigenvalue weighted by atomic mass is 10.1. The van der Waals surface area contributed by atoms with Gasteiger partial charge in [-0.15, -0.1) is 0 Å². The van der Waals surface area contributed by atoms with Gasteiger partial charge in [-0.1, -0.05) is 42.5 Å². The Morgan fingerprint density at radius 1 is 1.06 bits per heavy atom. The monoisotopic (exact) mass is 480 g/mol. The second kappa shape index (κ2) is 9.64. The number of carbonyl (C=O) groups excluding carboxylic acids is 1. The highest BCUT2D eigenvalue weighted by Crippen LogP contribution is 2.25. The van der Waals surface area contributed by atoms with Crippen molar-refractivity contribution in [3.63, 3.8) is 0 Å². The van der Waals surface area contributed by atoms with Gasteiger partial charge >= 0.3 is 5.55 Å². The zero-order valence-electron chi connectivity index (χ0n) is 20.3. The first-order valence-electron chi connectivity index (χ1n) is 11.6. The highest BCUT2D eigenvalue weighted by molar-refractivity contribution is 6.09. The summed E-state index contributed by atoms with van der Waals surface area (Å²) in [6.45, 7) is 3.56. The zero-order chi connectivity index (χ0) is 25.2. The smallest absolute Gasteiger partial charge is 0.385 e. The van der Waals surface area contributed by atoms with Gasteiger partial charge in [0.15, 0.2) is 16.9 Å². The fraction of sp³-hybridized carbons (Fsp3) is 0.138. The molecule has 0 spiro atoms. The molecule has 3 aromatic carbocycles. The van der Waals surface area contributed by atoms with Crippen molar-refractivity contribution >= 4 is 39.0 Å². The minimum absolute atomic E-state index is 0.234. The minimum atomic E-state index is -0.357. The molecular weight excluding hydrogens is 454 g/mol. The van der Waals surface area contributed by atoms with Crippen LogP contribution in [0, 0.1) is 13.8 Å². The molecular formula is C29H26N3O4+. The van der Waals surface area contributed by atoms with Crippen LogP contribution in [0.15, 0.2) is 77.3 Å². The van der Waals surface area contributed by atoms with Crippen molar-refractivity contribution in [2.75, 3.05) is 12.4 Å². The molecule has 5 rings (SSSR count). The van der Waals surface area contributed by atoms with Crippen LogP contribution in [-0.4, -0.2) is 23.1 Å². The molecule has 0 aliphatic heterocycles. The number of aromatic nitrogens is 1. The first-order chi connectivity index (χ1) is 17.5. The summed E-state index contributed by atoms with van der Waals surface area (Å²) in [4.78, 5) is 21.3. The standard InChI is InChI=1S/C29H25N3O4/c1-17-11-12-26(35-3)25(13-17)32-29-23(14-22-20(16-33)15-30-18(2)27(22)36-29)28(34)31-24-10-6-8-19-7-4-5-9-21(19)24/h4-15,33H,16H2,1-3H3,(H,31,34)/p+1. The number of pyridine rings is 1. The molecule has 3 N–H and O–H groups in total. The fourth-order valence-electron chi connectivity index (χ4n) is 4.25. The molecule has 0 atom stereocenters. The van der Waals surface area contributed by atoms with Gasteiger partial charge in [0.2, 0.25) is 5.69 Å². The van der Waals surface area contributed by atoms with Gasteiger partial charge in [0.1, 0.15) is 0 Å². The number of aryl methyl sites for hydroxylation is 2. The van der Waals surface area contributed by atoms with Crippen molar-refractivity contribution in [1.29, 1.82) is 0 Å². The number of nitrogens with one attached hydrogen (secondary N) is 2. The third kappa shape index (κ3) is 4.32. The van der Waals surface area contributed by atoms with E-state index in [1.807, 2.05) is 74.5 Å². The van der Waals surface area contributed by atoms with Gasteiger partial charge in [-0.2, -0.15) is 4.99 Å². The van der Waals surface area contributed by atoms with E-state index in [-0.39, 0.29) is 23.6 Å². The number of rotatable bonds is 5. The molecule has 180 valence electrons. The lowest BCUT2D eigenvalue weighted by Crippen LogP contribution is -2.71. The lowest BCUT2D eigenvalue weighted by Gasteiger charge is -2.10. The number of methoxy groups -OCH3 is 1. The Bertz CT molecular complexity index is 1680. The van der Waals surface area contributed by atoms with Gasteiger partial charge in [0.25, 0.3) is 5.91 Å². The molecule has 0 bridgehead atoms. The second-order valence-corrected chi connectivity index (χ2v) is 8.57. The summed E-state index contributed by atoms with van der Waals surface area (Å²) in [5, 5.41) is 15.5. The van der Waals surface area contributed by atoms with Crippen LogP contribution in [0.1, 0.15) is 27.2 Å². The molecule has 0 fully saturated rings. The molecule has 5 aromatic rings. The normalized spacial score (nSPS) is 11.7. The number of aliphatic hydroxyl groups is 1. The zero-order valence-corrected chi connectivity index (χ0v) is 20.3. The largest absolute Gasteiger partial charge is 0.490 e. The average molecular weight is 481 g/mol. The maximum Gasteiger partial charge on any atom is 0.385 e. The summed E-state index contributed by atoms with van der Waals surface area (Å²) < 4.78 is 11.8. The Hall–Kier alpha value is -4.49.